The molecule has 4 rings (SSSR count). The highest BCUT2D eigenvalue weighted by atomic mass is 19.4. The third-order valence-corrected chi connectivity index (χ3v) is 4.92. The fourth-order valence-electron chi connectivity index (χ4n) is 3.40. The van der Waals surface area contributed by atoms with Gasteiger partial charge < -0.3 is 9.72 Å². The van der Waals surface area contributed by atoms with E-state index in [9.17, 15) is 13.2 Å². The Morgan fingerprint density at radius 2 is 1.55 bits per heavy atom. The Balaban J connectivity index is 0.000000858. The number of alkyl halides is 3. The Bertz CT molecular complexity index is 1000. The minimum Gasteiger partial charge on any atom is -0.490 e. The number of hydrogen-bond donors (Lipinski definition) is 1. The first kappa shape index (κ1) is 22.2. The van der Waals surface area contributed by atoms with Gasteiger partial charge in [-0.1, -0.05) is 6.42 Å². The van der Waals surface area contributed by atoms with Crippen molar-refractivity contribution < 1.29 is 27.5 Å². The Morgan fingerprint density at radius 1 is 0.903 bits per heavy atom. The first-order valence-corrected chi connectivity index (χ1v) is 9.75. The van der Waals surface area contributed by atoms with E-state index in [0.29, 0.717) is 11.7 Å². The molecular weight excluding hydrogens is 411 g/mol. The predicted octanol–water partition coefficient (Wildman–Crippen LogP) is 5.29. The number of aromatic nitrogens is 3. The van der Waals surface area contributed by atoms with E-state index in [1.807, 2.05) is 24.3 Å². The van der Waals surface area contributed by atoms with Gasteiger partial charge in [0, 0.05) is 17.3 Å². The molecule has 3 aromatic rings. The van der Waals surface area contributed by atoms with Crippen LogP contribution in [0.25, 0.3) is 22.6 Å². The summed E-state index contributed by atoms with van der Waals surface area (Å²) in [4.78, 5) is 26.7. The molecule has 0 unspecified atom stereocenters. The topological polar surface area (TPSA) is 84.9 Å². The van der Waals surface area contributed by atoms with E-state index in [2.05, 4.69) is 15.0 Å². The molecule has 2 aromatic heterocycles. The normalized spacial score (nSPS) is 14.3. The summed E-state index contributed by atoms with van der Waals surface area (Å²) in [5.41, 5.74) is 1.27. The molecule has 31 heavy (non-hydrogen) atoms. The number of nitrogens with one attached hydrogen (secondary N) is 1. The molecule has 9 heteroatoms. The molecule has 1 aliphatic rings. The van der Waals surface area contributed by atoms with E-state index in [1.165, 1.54) is 25.5 Å². The molecule has 0 atom stereocenters. The van der Waals surface area contributed by atoms with Crippen LogP contribution >= 0.6 is 0 Å². The molecule has 1 N–H and O–H groups in total. The minimum atomic E-state index is -4.44. The number of H-pyrrole nitrogens is 1. The van der Waals surface area contributed by atoms with Gasteiger partial charge in [0.15, 0.2) is 0 Å². The molecule has 1 aromatic carbocycles. The highest BCUT2D eigenvalue weighted by Gasteiger charge is 2.33. The quantitative estimate of drug-likeness (QED) is 0.607. The number of aromatic amines is 1. The Morgan fingerprint density at radius 3 is 2.10 bits per heavy atom. The van der Waals surface area contributed by atoms with Crippen molar-refractivity contribution in [2.75, 3.05) is 0 Å². The largest absolute Gasteiger partial charge is 0.490 e. The fourth-order valence-corrected chi connectivity index (χ4v) is 3.40. The SMILES string of the molecule is FC(F)(F)c1cnc(-c2ccc(-c3ccc(OC4CCCCC4)cc3)nc2)[nH]1.O=C=O. The average molecular weight is 431 g/mol. The molecular formula is C22H20F3N3O3. The van der Waals surface area contributed by atoms with Gasteiger partial charge in [0.1, 0.15) is 17.3 Å². The lowest BCUT2D eigenvalue weighted by atomic mass is 9.98. The maximum Gasteiger partial charge on any atom is 0.432 e. The van der Waals surface area contributed by atoms with Crippen molar-refractivity contribution in [3.63, 3.8) is 0 Å². The third-order valence-electron chi connectivity index (χ3n) is 4.92. The van der Waals surface area contributed by atoms with Crippen molar-refractivity contribution in [2.24, 2.45) is 0 Å². The summed E-state index contributed by atoms with van der Waals surface area (Å²) < 4.78 is 44.1. The first-order chi connectivity index (χ1) is 14.9. The maximum absolute atomic E-state index is 12.7. The second-order valence-corrected chi connectivity index (χ2v) is 7.06. The smallest absolute Gasteiger partial charge is 0.432 e. The van der Waals surface area contributed by atoms with Crippen molar-refractivity contribution in [3.8, 4) is 28.4 Å². The van der Waals surface area contributed by atoms with Gasteiger partial charge in [0.05, 0.1) is 18.0 Å². The highest BCUT2D eigenvalue weighted by molar-refractivity contribution is 5.63. The van der Waals surface area contributed by atoms with E-state index in [1.54, 1.807) is 12.1 Å². The summed E-state index contributed by atoms with van der Waals surface area (Å²) in [5.74, 6) is 0.991. The lowest BCUT2D eigenvalue weighted by molar-refractivity contribution is -0.191. The van der Waals surface area contributed by atoms with Crippen LogP contribution in [0.5, 0.6) is 5.75 Å². The van der Waals surface area contributed by atoms with Crippen LogP contribution in [0, 0.1) is 0 Å². The van der Waals surface area contributed by atoms with Crippen LogP contribution in [0.15, 0.2) is 48.8 Å². The average Bonchev–Trinajstić information content (AvgIpc) is 3.27. The van der Waals surface area contributed by atoms with Gasteiger partial charge in [-0.05, 0) is 62.1 Å². The molecule has 1 saturated carbocycles. The highest BCUT2D eigenvalue weighted by Crippen LogP contribution is 2.30. The summed E-state index contributed by atoms with van der Waals surface area (Å²) >= 11 is 0. The van der Waals surface area contributed by atoms with E-state index in [-0.39, 0.29) is 12.0 Å². The number of benzene rings is 1. The van der Waals surface area contributed by atoms with Gasteiger partial charge >= 0.3 is 12.3 Å². The van der Waals surface area contributed by atoms with Gasteiger partial charge in [-0.25, -0.2) is 4.98 Å². The molecule has 1 fully saturated rings. The number of imidazole rings is 1. The van der Waals surface area contributed by atoms with Crippen LogP contribution in [0.1, 0.15) is 37.8 Å². The summed E-state index contributed by atoms with van der Waals surface area (Å²) in [7, 11) is 0. The minimum absolute atomic E-state index is 0.141. The summed E-state index contributed by atoms with van der Waals surface area (Å²) in [5, 5.41) is 0. The zero-order valence-corrected chi connectivity index (χ0v) is 16.5. The molecule has 0 saturated heterocycles. The standard InChI is InChI=1S/C21H20F3N3O.CO2/c22-21(23,24)19-13-26-20(27-19)15-8-11-18(25-12-15)14-6-9-17(10-7-14)28-16-4-2-1-3-5-16;2-1-3/h6-13,16H,1-5H2,(H,26,27);. The molecule has 162 valence electrons. The zero-order valence-electron chi connectivity index (χ0n) is 16.5. The lowest BCUT2D eigenvalue weighted by Gasteiger charge is -2.23. The number of rotatable bonds is 4. The Kier molecular flexibility index (Phi) is 7.20. The molecule has 0 spiro atoms. The van der Waals surface area contributed by atoms with Gasteiger partial charge in [0.2, 0.25) is 0 Å². The van der Waals surface area contributed by atoms with Gasteiger partial charge in [0.25, 0.3) is 0 Å². The van der Waals surface area contributed by atoms with Crippen LogP contribution < -0.4 is 4.74 Å². The Labute approximate surface area is 176 Å². The Hall–Kier alpha value is -3.45. The zero-order chi connectivity index (χ0) is 22.3. The second-order valence-electron chi connectivity index (χ2n) is 7.06. The van der Waals surface area contributed by atoms with E-state index >= 15 is 0 Å². The van der Waals surface area contributed by atoms with Crippen LogP contribution in [-0.4, -0.2) is 27.2 Å². The lowest BCUT2D eigenvalue weighted by Crippen LogP contribution is -2.19. The predicted molar refractivity (Wildman–Crippen MR) is 105 cm³/mol. The van der Waals surface area contributed by atoms with Crippen LogP contribution in [0.2, 0.25) is 0 Å². The fraction of sp³-hybridized carbons (Fsp3) is 0.318. The van der Waals surface area contributed by atoms with Crippen LogP contribution in [0.3, 0.4) is 0 Å². The number of ether oxygens (including phenoxy) is 1. The molecule has 0 amide bonds. The number of carbonyl (C=O) groups excluding carboxylic acids is 2. The summed E-state index contributed by atoms with van der Waals surface area (Å²) in [6.07, 6.45) is 4.34. The van der Waals surface area contributed by atoms with Crippen molar-refractivity contribution in [3.05, 3.63) is 54.5 Å². The van der Waals surface area contributed by atoms with Crippen molar-refractivity contribution in [1.82, 2.24) is 15.0 Å². The summed E-state index contributed by atoms with van der Waals surface area (Å²) in [6.45, 7) is 0. The first-order valence-electron chi connectivity index (χ1n) is 9.75. The van der Waals surface area contributed by atoms with E-state index in [4.69, 9.17) is 14.3 Å². The number of pyridine rings is 1. The number of halogens is 3. The van der Waals surface area contributed by atoms with Crippen molar-refractivity contribution >= 4 is 6.15 Å². The van der Waals surface area contributed by atoms with Crippen LogP contribution in [0.4, 0.5) is 13.2 Å². The van der Waals surface area contributed by atoms with Gasteiger partial charge in [-0.15, -0.1) is 0 Å². The van der Waals surface area contributed by atoms with Crippen LogP contribution in [-0.2, 0) is 15.8 Å². The molecule has 2 heterocycles. The van der Waals surface area contributed by atoms with E-state index < -0.39 is 11.9 Å². The van der Waals surface area contributed by atoms with Crippen molar-refractivity contribution in [1.29, 1.82) is 0 Å². The monoisotopic (exact) mass is 431 g/mol. The third kappa shape index (κ3) is 6.02. The second kappa shape index (κ2) is 10.0. The molecule has 0 aliphatic heterocycles. The van der Waals surface area contributed by atoms with E-state index in [0.717, 1.165) is 36.0 Å². The molecule has 1 aliphatic carbocycles. The molecule has 0 radical (unpaired) electrons. The van der Waals surface area contributed by atoms with Gasteiger partial charge in [-0.3, -0.25) is 4.98 Å². The maximum atomic E-state index is 12.7. The number of hydrogen-bond acceptors (Lipinski definition) is 5. The summed E-state index contributed by atoms with van der Waals surface area (Å²) in [6, 6.07) is 11.2. The van der Waals surface area contributed by atoms with Crippen molar-refractivity contribution in [2.45, 2.75) is 44.4 Å². The molecule has 0 bridgehead atoms. The van der Waals surface area contributed by atoms with Gasteiger partial charge in [-0.2, -0.15) is 22.8 Å². The molecule has 6 nitrogen and oxygen atoms in total. The number of nitrogens with zero attached hydrogens (tertiary/aromatic N) is 2.